The fourth-order valence-electron chi connectivity index (χ4n) is 4.02. The Morgan fingerprint density at radius 3 is 2.64 bits per heavy atom. The maximum Gasteiger partial charge on any atom is 0.335 e. The number of carboxylic acid groups (broad SMARTS) is 1. The number of aromatic carboxylic acids is 1. The van der Waals surface area contributed by atoms with Crippen LogP contribution < -0.4 is 4.74 Å². The van der Waals surface area contributed by atoms with Crippen molar-refractivity contribution in [2.24, 2.45) is 0 Å². The first-order valence-electron chi connectivity index (χ1n) is 9.64. The third-order valence-corrected chi connectivity index (χ3v) is 5.45. The van der Waals surface area contributed by atoms with Crippen molar-refractivity contribution in [3.05, 3.63) is 89.0 Å². The van der Waals surface area contributed by atoms with Gasteiger partial charge < -0.3 is 9.84 Å². The van der Waals surface area contributed by atoms with Gasteiger partial charge in [-0.15, -0.1) is 0 Å². The summed E-state index contributed by atoms with van der Waals surface area (Å²) in [5.74, 6) is -0.0386. The van der Waals surface area contributed by atoms with Crippen molar-refractivity contribution in [3.8, 4) is 16.9 Å². The molecule has 1 N–H and O–H groups in total. The number of aryl methyl sites for hydroxylation is 2. The average Bonchev–Trinajstić information content (AvgIpc) is 2.67. The van der Waals surface area contributed by atoms with E-state index in [-0.39, 0.29) is 11.2 Å². The van der Waals surface area contributed by atoms with Crippen molar-refractivity contribution in [2.75, 3.05) is 0 Å². The van der Waals surface area contributed by atoms with Crippen LogP contribution in [0.25, 0.3) is 11.1 Å². The Morgan fingerprint density at radius 2 is 1.86 bits per heavy atom. The Balaban J connectivity index is 1.70. The molecular formula is C25H24O3. The molecule has 3 aromatic rings. The van der Waals surface area contributed by atoms with Crippen LogP contribution in [0.15, 0.2) is 66.7 Å². The van der Waals surface area contributed by atoms with Gasteiger partial charge in [-0.2, -0.15) is 0 Å². The van der Waals surface area contributed by atoms with E-state index in [1.807, 2.05) is 18.2 Å². The number of benzene rings is 3. The second kappa shape index (κ2) is 7.16. The zero-order valence-corrected chi connectivity index (χ0v) is 16.2. The molecule has 1 heterocycles. The zero-order valence-electron chi connectivity index (χ0n) is 16.2. The van der Waals surface area contributed by atoms with Gasteiger partial charge in [0.2, 0.25) is 0 Å². The predicted octanol–water partition coefficient (Wildman–Crippen LogP) is 5.69. The van der Waals surface area contributed by atoms with Crippen molar-refractivity contribution in [1.82, 2.24) is 0 Å². The minimum absolute atomic E-state index is 0.286. The van der Waals surface area contributed by atoms with Gasteiger partial charge in [0, 0.05) is 12.0 Å². The first-order valence-corrected chi connectivity index (χ1v) is 9.64. The van der Waals surface area contributed by atoms with Gasteiger partial charge >= 0.3 is 5.97 Å². The Kier molecular flexibility index (Phi) is 4.68. The molecule has 3 heteroatoms. The Bertz CT molecular complexity index is 1040. The lowest BCUT2D eigenvalue weighted by atomic mass is 9.85. The molecule has 0 spiro atoms. The van der Waals surface area contributed by atoms with Crippen LogP contribution >= 0.6 is 0 Å². The molecular weight excluding hydrogens is 348 g/mol. The summed E-state index contributed by atoms with van der Waals surface area (Å²) in [6.45, 7) is 4.28. The van der Waals surface area contributed by atoms with Gasteiger partial charge in [-0.25, -0.2) is 4.79 Å². The van der Waals surface area contributed by atoms with Crippen LogP contribution in [0.5, 0.6) is 5.75 Å². The van der Waals surface area contributed by atoms with Crippen LogP contribution in [0.1, 0.15) is 40.4 Å². The standard InChI is InChI=1S/C25H24O3/c1-17-6-3-7-18(14-17)16-25(2)13-12-19-8-5-11-22(23(19)28-25)20-9-4-10-21(15-20)24(26)27/h3-11,14-15H,12-13,16H2,1-2H3,(H,26,27). The fraction of sp³-hybridized carbons (Fsp3) is 0.240. The van der Waals surface area contributed by atoms with E-state index in [2.05, 4.69) is 44.2 Å². The van der Waals surface area contributed by atoms with E-state index in [9.17, 15) is 9.90 Å². The lowest BCUT2D eigenvalue weighted by Crippen LogP contribution is -2.38. The highest BCUT2D eigenvalue weighted by atomic mass is 16.5. The van der Waals surface area contributed by atoms with E-state index in [0.29, 0.717) is 0 Å². The summed E-state index contributed by atoms with van der Waals surface area (Å²) in [5, 5.41) is 9.33. The maximum absolute atomic E-state index is 11.4. The molecule has 0 saturated heterocycles. The molecule has 3 nitrogen and oxygen atoms in total. The van der Waals surface area contributed by atoms with E-state index < -0.39 is 5.97 Å². The van der Waals surface area contributed by atoms with Gasteiger partial charge in [0.25, 0.3) is 0 Å². The van der Waals surface area contributed by atoms with Gasteiger partial charge in [0.15, 0.2) is 0 Å². The first kappa shape index (κ1) is 18.3. The highest BCUT2D eigenvalue weighted by molar-refractivity contribution is 5.90. The van der Waals surface area contributed by atoms with Crippen LogP contribution in [-0.2, 0) is 12.8 Å². The number of rotatable bonds is 4. The summed E-state index contributed by atoms with van der Waals surface area (Å²) in [6, 6.07) is 21.8. The Hall–Kier alpha value is -3.07. The molecule has 0 amide bonds. The van der Waals surface area contributed by atoms with Crippen molar-refractivity contribution < 1.29 is 14.6 Å². The summed E-state index contributed by atoms with van der Waals surface area (Å²) in [4.78, 5) is 11.4. The number of carboxylic acids is 1. The van der Waals surface area contributed by atoms with Gasteiger partial charge in [0.1, 0.15) is 11.4 Å². The molecule has 0 radical (unpaired) electrons. The highest BCUT2D eigenvalue weighted by Gasteiger charge is 2.33. The molecule has 0 bridgehead atoms. The summed E-state index contributed by atoms with van der Waals surface area (Å²) in [6.07, 6.45) is 2.74. The van der Waals surface area contributed by atoms with Crippen LogP contribution in [0.2, 0.25) is 0 Å². The van der Waals surface area contributed by atoms with Crippen LogP contribution in [-0.4, -0.2) is 16.7 Å². The molecule has 1 aliphatic rings. The third kappa shape index (κ3) is 3.65. The molecule has 1 unspecified atom stereocenters. The van der Waals surface area contributed by atoms with Crippen LogP contribution in [0.3, 0.4) is 0 Å². The van der Waals surface area contributed by atoms with Gasteiger partial charge in [-0.3, -0.25) is 0 Å². The molecule has 142 valence electrons. The van der Waals surface area contributed by atoms with Crippen molar-refractivity contribution >= 4 is 5.97 Å². The lowest BCUT2D eigenvalue weighted by molar-refractivity contribution is 0.0660. The van der Waals surface area contributed by atoms with Gasteiger partial charge in [-0.05, 0) is 55.5 Å². The number of para-hydroxylation sites is 1. The smallest absolute Gasteiger partial charge is 0.335 e. The minimum atomic E-state index is -0.920. The van der Waals surface area contributed by atoms with Gasteiger partial charge in [-0.1, -0.05) is 60.2 Å². The average molecular weight is 372 g/mol. The maximum atomic E-state index is 11.4. The van der Waals surface area contributed by atoms with Crippen LogP contribution in [0.4, 0.5) is 0 Å². The summed E-state index contributed by atoms with van der Waals surface area (Å²) >= 11 is 0. The molecule has 4 rings (SSSR count). The number of hydrogen-bond donors (Lipinski definition) is 1. The number of hydrogen-bond acceptors (Lipinski definition) is 2. The zero-order chi connectivity index (χ0) is 19.7. The highest BCUT2D eigenvalue weighted by Crippen LogP contribution is 2.42. The number of fused-ring (bicyclic) bond motifs is 1. The van der Waals surface area contributed by atoms with E-state index >= 15 is 0 Å². The summed E-state index contributed by atoms with van der Waals surface area (Å²) < 4.78 is 6.60. The van der Waals surface area contributed by atoms with Crippen molar-refractivity contribution in [3.63, 3.8) is 0 Å². The van der Waals surface area contributed by atoms with Crippen molar-refractivity contribution in [1.29, 1.82) is 0 Å². The molecule has 0 aromatic heterocycles. The molecule has 0 saturated carbocycles. The molecule has 28 heavy (non-hydrogen) atoms. The second-order valence-corrected chi connectivity index (χ2v) is 7.90. The van der Waals surface area contributed by atoms with E-state index in [1.54, 1.807) is 18.2 Å². The van der Waals surface area contributed by atoms with Crippen LogP contribution in [0, 0.1) is 6.92 Å². The molecule has 1 atom stereocenters. The molecule has 0 aliphatic carbocycles. The largest absolute Gasteiger partial charge is 0.486 e. The first-order chi connectivity index (χ1) is 13.4. The van der Waals surface area contributed by atoms with E-state index in [1.165, 1.54) is 16.7 Å². The molecule has 0 fully saturated rings. The number of ether oxygens (including phenoxy) is 1. The predicted molar refractivity (Wildman–Crippen MR) is 111 cm³/mol. The quantitative estimate of drug-likeness (QED) is 0.640. The lowest BCUT2D eigenvalue weighted by Gasteiger charge is -2.37. The fourth-order valence-corrected chi connectivity index (χ4v) is 4.02. The SMILES string of the molecule is Cc1cccc(CC2(C)CCc3cccc(-c4cccc(C(=O)O)c4)c3O2)c1. The van der Waals surface area contributed by atoms with E-state index in [4.69, 9.17) is 4.74 Å². The monoisotopic (exact) mass is 372 g/mol. The minimum Gasteiger partial charge on any atom is -0.486 e. The number of carbonyl (C=O) groups is 1. The van der Waals surface area contributed by atoms with Gasteiger partial charge in [0.05, 0.1) is 5.56 Å². The molecule has 1 aliphatic heterocycles. The summed E-state index contributed by atoms with van der Waals surface area (Å²) in [7, 11) is 0. The normalized spacial score (nSPS) is 18.2. The Labute approximate surface area is 165 Å². The Morgan fingerprint density at radius 1 is 1.07 bits per heavy atom. The third-order valence-electron chi connectivity index (χ3n) is 5.45. The second-order valence-electron chi connectivity index (χ2n) is 7.90. The van der Waals surface area contributed by atoms with Crippen molar-refractivity contribution in [2.45, 2.75) is 38.7 Å². The summed E-state index contributed by atoms with van der Waals surface area (Å²) in [5.41, 5.74) is 5.53. The topological polar surface area (TPSA) is 46.5 Å². The molecule has 3 aromatic carbocycles. The van der Waals surface area contributed by atoms with E-state index in [0.717, 1.165) is 36.1 Å².